The number of guanidine groups is 1. The fraction of sp³-hybridized carbons (Fsp3) is 0.391. The number of thiazole rings is 1. The van der Waals surface area contributed by atoms with E-state index in [1.54, 1.807) is 11.3 Å². The topological polar surface area (TPSA) is 52.6 Å². The van der Waals surface area contributed by atoms with Gasteiger partial charge in [0.25, 0.3) is 0 Å². The molecule has 3 aromatic rings. The van der Waals surface area contributed by atoms with Crippen molar-refractivity contribution in [2.75, 3.05) is 24.5 Å². The molecule has 3 heterocycles. The Morgan fingerprint density at radius 2 is 1.94 bits per heavy atom. The number of hydrogen-bond donors (Lipinski definition) is 2. The van der Waals surface area contributed by atoms with E-state index in [1.165, 1.54) is 15.4 Å². The Morgan fingerprint density at radius 1 is 1.16 bits per heavy atom. The SMILES string of the molecule is CCNC(=NCc1sc(-c2ccccc2)nc1C)NC1CCN(c2cccs2)CC1.I. The highest BCUT2D eigenvalue weighted by Gasteiger charge is 2.20. The highest BCUT2D eigenvalue weighted by Crippen LogP contribution is 2.28. The lowest BCUT2D eigenvalue weighted by Gasteiger charge is -2.33. The molecule has 166 valence electrons. The largest absolute Gasteiger partial charge is 0.363 e. The Kier molecular flexibility index (Phi) is 9.15. The quantitative estimate of drug-likeness (QED) is 0.234. The van der Waals surface area contributed by atoms with Crippen LogP contribution in [0.3, 0.4) is 0 Å². The van der Waals surface area contributed by atoms with Crippen molar-refractivity contribution in [3.63, 3.8) is 0 Å². The van der Waals surface area contributed by atoms with Gasteiger partial charge < -0.3 is 15.5 Å². The predicted octanol–water partition coefficient (Wildman–Crippen LogP) is 5.52. The molecule has 0 bridgehead atoms. The van der Waals surface area contributed by atoms with E-state index in [-0.39, 0.29) is 24.0 Å². The van der Waals surface area contributed by atoms with Crippen molar-refractivity contribution in [3.05, 3.63) is 58.4 Å². The van der Waals surface area contributed by atoms with Crippen LogP contribution in [0.15, 0.2) is 52.8 Å². The van der Waals surface area contributed by atoms with Crippen LogP contribution in [-0.4, -0.2) is 36.6 Å². The van der Waals surface area contributed by atoms with E-state index in [2.05, 4.69) is 71.2 Å². The van der Waals surface area contributed by atoms with Crippen LogP contribution in [0.4, 0.5) is 5.00 Å². The molecule has 0 radical (unpaired) electrons. The highest BCUT2D eigenvalue weighted by molar-refractivity contribution is 14.0. The lowest BCUT2D eigenvalue weighted by atomic mass is 10.1. The number of benzene rings is 1. The molecule has 4 rings (SSSR count). The minimum Gasteiger partial charge on any atom is -0.363 e. The Morgan fingerprint density at radius 3 is 2.61 bits per heavy atom. The standard InChI is InChI=1S/C23H29N5S2.HI/c1-3-24-23(27-19-11-13-28(14-12-19)21-10-7-15-29-21)25-16-20-17(2)26-22(30-20)18-8-5-4-6-9-18;/h4-10,15,19H,3,11-14,16H2,1-2H3,(H2,24,25,27);1H. The van der Waals surface area contributed by atoms with E-state index in [0.29, 0.717) is 12.6 Å². The normalized spacial score (nSPS) is 14.9. The summed E-state index contributed by atoms with van der Waals surface area (Å²) in [5.74, 6) is 0.904. The van der Waals surface area contributed by atoms with Crippen LogP contribution in [-0.2, 0) is 6.54 Å². The lowest BCUT2D eigenvalue weighted by Crippen LogP contribution is -2.48. The number of hydrogen-bond acceptors (Lipinski definition) is 5. The van der Waals surface area contributed by atoms with Crippen molar-refractivity contribution in [1.82, 2.24) is 15.6 Å². The first kappa shape index (κ1) is 24.0. The molecule has 5 nitrogen and oxygen atoms in total. The fourth-order valence-corrected chi connectivity index (χ4v) is 5.41. The number of nitrogens with one attached hydrogen (secondary N) is 2. The number of aromatic nitrogens is 1. The monoisotopic (exact) mass is 567 g/mol. The second-order valence-corrected chi connectivity index (χ2v) is 9.46. The van der Waals surface area contributed by atoms with Crippen LogP contribution < -0.4 is 15.5 Å². The van der Waals surface area contributed by atoms with E-state index >= 15 is 0 Å². The third kappa shape index (κ3) is 6.43. The van der Waals surface area contributed by atoms with Crippen LogP contribution >= 0.6 is 46.7 Å². The summed E-state index contributed by atoms with van der Waals surface area (Å²) < 4.78 is 0. The fourth-order valence-electron chi connectivity index (χ4n) is 3.64. The van der Waals surface area contributed by atoms with E-state index in [0.717, 1.165) is 49.1 Å². The summed E-state index contributed by atoms with van der Waals surface area (Å²) in [6.45, 7) is 7.88. The van der Waals surface area contributed by atoms with Gasteiger partial charge in [0.05, 0.1) is 17.2 Å². The van der Waals surface area contributed by atoms with Crippen LogP contribution in [0.5, 0.6) is 0 Å². The molecule has 0 unspecified atom stereocenters. The summed E-state index contributed by atoms with van der Waals surface area (Å²) in [6.07, 6.45) is 2.25. The number of anilines is 1. The van der Waals surface area contributed by atoms with Gasteiger partial charge in [-0.15, -0.1) is 46.7 Å². The zero-order chi connectivity index (χ0) is 20.8. The molecule has 2 N–H and O–H groups in total. The van der Waals surface area contributed by atoms with Crippen LogP contribution in [0.2, 0.25) is 0 Å². The molecule has 0 aliphatic carbocycles. The molecule has 1 aromatic carbocycles. The van der Waals surface area contributed by atoms with Crippen LogP contribution in [0.1, 0.15) is 30.3 Å². The molecular weight excluding hydrogens is 537 g/mol. The summed E-state index contributed by atoms with van der Waals surface area (Å²) in [5, 5.41) is 11.7. The third-order valence-electron chi connectivity index (χ3n) is 5.29. The molecule has 2 aromatic heterocycles. The Balaban J connectivity index is 0.00000272. The molecule has 0 spiro atoms. The van der Waals surface area contributed by atoms with E-state index < -0.39 is 0 Å². The summed E-state index contributed by atoms with van der Waals surface area (Å²) in [5.41, 5.74) is 2.24. The number of rotatable bonds is 6. The van der Waals surface area contributed by atoms with Crippen molar-refractivity contribution < 1.29 is 0 Å². The molecule has 8 heteroatoms. The minimum absolute atomic E-state index is 0. The van der Waals surface area contributed by atoms with Gasteiger partial charge in [-0.05, 0) is 44.2 Å². The highest BCUT2D eigenvalue weighted by atomic mass is 127. The zero-order valence-corrected chi connectivity index (χ0v) is 22.0. The number of halogens is 1. The van der Waals surface area contributed by atoms with Crippen LogP contribution in [0.25, 0.3) is 10.6 Å². The molecule has 1 aliphatic rings. The molecule has 0 saturated carbocycles. The zero-order valence-electron chi connectivity index (χ0n) is 18.0. The van der Waals surface area contributed by atoms with Crippen LogP contribution in [0, 0.1) is 6.92 Å². The molecule has 0 amide bonds. The van der Waals surface area contributed by atoms with Gasteiger partial charge in [-0.3, -0.25) is 0 Å². The summed E-state index contributed by atoms with van der Waals surface area (Å²) >= 11 is 3.56. The van der Waals surface area contributed by atoms with Gasteiger partial charge in [-0.2, -0.15) is 0 Å². The second-order valence-electron chi connectivity index (χ2n) is 7.45. The van der Waals surface area contributed by atoms with Crippen molar-refractivity contribution >= 4 is 57.6 Å². The second kappa shape index (κ2) is 11.8. The molecular formula is C23H30IN5S2. The predicted molar refractivity (Wildman–Crippen MR) is 145 cm³/mol. The molecule has 1 aliphatic heterocycles. The van der Waals surface area contributed by atoms with Gasteiger partial charge >= 0.3 is 0 Å². The first-order valence-electron chi connectivity index (χ1n) is 10.6. The van der Waals surface area contributed by atoms with Gasteiger partial charge in [0.15, 0.2) is 5.96 Å². The molecule has 1 saturated heterocycles. The van der Waals surface area contributed by atoms with Crippen molar-refractivity contribution in [1.29, 1.82) is 0 Å². The number of aryl methyl sites for hydroxylation is 1. The van der Waals surface area contributed by atoms with E-state index in [1.807, 2.05) is 17.4 Å². The summed E-state index contributed by atoms with van der Waals surface area (Å²) in [6, 6.07) is 15.2. The van der Waals surface area contributed by atoms with Gasteiger partial charge in [-0.25, -0.2) is 9.98 Å². The summed E-state index contributed by atoms with van der Waals surface area (Å²) in [4.78, 5) is 13.3. The smallest absolute Gasteiger partial charge is 0.191 e. The van der Waals surface area contributed by atoms with Gasteiger partial charge in [-0.1, -0.05) is 30.3 Å². The van der Waals surface area contributed by atoms with E-state index in [4.69, 9.17) is 9.98 Å². The maximum Gasteiger partial charge on any atom is 0.191 e. The maximum atomic E-state index is 4.87. The number of piperidine rings is 1. The van der Waals surface area contributed by atoms with E-state index in [9.17, 15) is 0 Å². The van der Waals surface area contributed by atoms with Gasteiger partial charge in [0.2, 0.25) is 0 Å². The minimum atomic E-state index is 0. The first-order chi connectivity index (χ1) is 14.7. The lowest BCUT2D eigenvalue weighted by molar-refractivity contribution is 0.463. The Hall–Kier alpha value is -1.65. The average molecular weight is 568 g/mol. The van der Waals surface area contributed by atoms with Crippen molar-refractivity contribution in [2.45, 2.75) is 39.3 Å². The third-order valence-corrected chi connectivity index (χ3v) is 7.41. The Bertz CT molecular complexity index is 948. The van der Waals surface area contributed by atoms with Crippen molar-refractivity contribution in [2.24, 2.45) is 4.99 Å². The van der Waals surface area contributed by atoms with Gasteiger partial charge in [0.1, 0.15) is 5.01 Å². The first-order valence-corrected chi connectivity index (χ1v) is 12.3. The number of nitrogens with zero attached hydrogens (tertiary/aromatic N) is 3. The number of thiophene rings is 1. The molecule has 0 atom stereocenters. The molecule has 1 fully saturated rings. The summed E-state index contributed by atoms with van der Waals surface area (Å²) in [7, 11) is 0. The average Bonchev–Trinajstić information content (AvgIpc) is 3.44. The molecule has 31 heavy (non-hydrogen) atoms. The Labute approximate surface area is 210 Å². The maximum absolute atomic E-state index is 4.87. The van der Waals surface area contributed by atoms with Gasteiger partial charge in [0, 0.05) is 36.1 Å². The number of aliphatic imine (C=N–C) groups is 1. The van der Waals surface area contributed by atoms with Crippen molar-refractivity contribution in [3.8, 4) is 10.6 Å².